The van der Waals surface area contributed by atoms with Gasteiger partial charge in [0, 0.05) is 19.9 Å². The van der Waals surface area contributed by atoms with Crippen molar-refractivity contribution >= 4 is 29.1 Å². The number of carbonyl (C=O) groups excluding carboxylic acids is 3. The van der Waals surface area contributed by atoms with E-state index in [2.05, 4.69) is 22.4 Å². The SMILES string of the molecule is CC(=O)O[C@H]1C[C@@H](C(=O)NCCc2ccc(-c3scnc3C)cc2)N(C(=O)[C@@H](N)C(C)(C)C)C1. The maximum absolute atomic E-state index is 13.1. The number of aryl methyl sites for hydroxylation is 1. The maximum atomic E-state index is 13.1. The number of nitrogens with zero attached hydrogens (tertiary/aromatic N) is 2. The van der Waals surface area contributed by atoms with Crippen LogP contribution in [0.3, 0.4) is 0 Å². The maximum Gasteiger partial charge on any atom is 0.302 e. The Morgan fingerprint density at radius 1 is 1.26 bits per heavy atom. The number of aromatic nitrogens is 1. The predicted octanol–water partition coefficient (Wildman–Crippen LogP) is 2.68. The van der Waals surface area contributed by atoms with Gasteiger partial charge >= 0.3 is 5.97 Å². The molecule has 0 saturated carbocycles. The van der Waals surface area contributed by atoms with Gasteiger partial charge in [-0.25, -0.2) is 4.98 Å². The Balaban J connectivity index is 1.61. The van der Waals surface area contributed by atoms with Crippen LogP contribution in [0, 0.1) is 12.3 Å². The van der Waals surface area contributed by atoms with Crippen LogP contribution in [-0.4, -0.2) is 58.9 Å². The highest BCUT2D eigenvalue weighted by molar-refractivity contribution is 7.13. The predicted molar refractivity (Wildman–Crippen MR) is 132 cm³/mol. The van der Waals surface area contributed by atoms with Crippen LogP contribution in [0.15, 0.2) is 29.8 Å². The molecule has 8 nitrogen and oxygen atoms in total. The van der Waals surface area contributed by atoms with Gasteiger partial charge in [-0.1, -0.05) is 45.0 Å². The lowest BCUT2D eigenvalue weighted by Gasteiger charge is -2.32. The second-order valence-corrected chi connectivity index (χ2v) is 10.7. The van der Waals surface area contributed by atoms with Crippen LogP contribution in [0.5, 0.6) is 0 Å². The second kappa shape index (κ2) is 10.7. The van der Waals surface area contributed by atoms with Gasteiger partial charge in [0.1, 0.15) is 12.1 Å². The third kappa shape index (κ3) is 6.21. The molecule has 3 atom stereocenters. The van der Waals surface area contributed by atoms with E-state index in [1.807, 2.05) is 45.3 Å². The number of hydrogen-bond acceptors (Lipinski definition) is 7. The van der Waals surface area contributed by atoms with Gasteiger partial charge in [-0.05, 0) is 29.9 Å². The molecule has 3 N–H and O–H groups in total. The summed E-state index contributed by atoms with van der Waals surface area (Å²) >= 11 is 1.61. The molecule has 9 heteroatoms. The van der Waals surface area contributed by atoms with Crippen LogP contribution in [0.4, 0.5) is 0 Å². The summed E-state index contributed by atoms with van der Waals surface area (Å²) in [6.45, 7) is 9.55. The summed E-state index contributed by atoms with van der Waals surface area (Å²) in [5.41, 5.74) is 10.8. The molecule has 0 radical (unpaired) electrons. The van der Waals surface area contributed by atoms with E-state index in [-0.39, 0.29) is 24.8 Å². The minimum Gasteiger partial charge on any atom is -0.461 e. The molecule has 2 amide bonds. The van der Waals surface area contributed by atoms with Crippen molar-refractivity contribution in [2.45, 2.75) is 65.6 Å². The Kier molecular flexibility index (Phi) is 8.09. The Labute approximate surface area is 204 Å². The molecule has 0 aliphatic carbocycles. The summed E-state index contributed by atoms with van der Waals surface area (Å²) in [6, 6.07) is 6.73. The monoisotopic (exact) mass is 486 g/mol. The Bertz CT molecular complexity index is 1030. The quantitative estimate of drug-likeness (QED) is 0.582. The van der Waals surface area contributed by atoms with Gasteiger partial charge in [0.05, 0.1) is 28.7 Å². The number of likely N-dealkylation sites (tertiary alicyclic amines) is 1. The summed E-state index contributed by atoms with van der Waals surface area (Å²) in [6.07, 6.45) is 0.396. The van der Waals surface area contributed by atoms with E-state index in [0.717, 1.165) is 21.7 Å². The van der Waals surface area contributed by atoms with Gasteiger partial charge in [-0.3, -0.25) is 14.4 Å². The molecule has 1 aromatic carbocycles. The van der Waals surface area contributed by atoms with Crippen molar-refractivity contribution in [3.05, 3.63) is 41.0 Å². The molecule has 1 aliphatic rings. The van der Waals surface area contributed by atoms with Gasteiger partial charge < -0.3 is 20.7 Å². The third-order valence-corrected chi connectivity index (χ3v) is 7.03. The topological polar surface area (TPSA) is 115 Å². The molecule has 1 fully saturated rings. The number of hydrogen-bond donors (Lipinski definition) is 2. The number of esters is 1. The minimum absolute atomic E-state index is 0.165. The van der Waals surface area contributed by atoms with E-state index in [1.165, 1.54) is 11.8 Å². The number of ether oxygens (including phenoxy) is 1. The highest BCUT2D eigenvalue weighted by Crippen LogP contribution is 2.28. The Morgan fingerprint density at radius 3 is 2.50 bits per heavy atom. The number of rotatable bonds is 7. The zero-order chi connectivity index (χ0) is 25.0. The van der Waals surface area contributed by atoms with Gasteiger partial charge in [0.25, 0.3) is 0 Å². The number of carbonyl (C=O) groups is 3. The van der Waals surface area contributed by atoms with Crippen LogP contribution in [-0.2, 0) is 25.5 Å². The van der Waals surface area contributed by atoms with E-state index in [9.17, 15) is 14.4 Å². The first-order valence-corrected chi connectivity index (χ1v) is 12.4. The second-order valence-electron chi connectivity index (χ2n) is 9.82. The van der Waals surface area contributed by atoms with Crippen molar-refractivity contribution in [1.82, 2.24) is 15.2 Å². The molecule has 0 spiro atoms. The normalized spacial score (nSPS) is 19.1. The smallest absolute Gasteiger partial charge is 0.302 e. The van der Waals surface area contributed by atoms with E-state index >= 15 is 0 Å². The first kappa shape index (κ1) is 25.8. The van der Waals surface area contributed by atoms with Crippen molar-refractivity contribution in [3.63, 3.8) is 0 Å². The number of nitrogens with one attached hydrogen (secondary N) is 1. The van der Waals surface area contributed by atoms with Crippen molar-refractivity contribution < 1.29 is 19.1 Å². The average Bonchev–Trinajstić information content (AvgIpc) is 3.38. The van der Waals surface area contributed by atoms with Crippen LogP contribution in [0.25, 0.3) is 10.4 Å². The van der Waals surface area contributed by atoms with E-state index in [1.54, 1.807) is 11.3 Å². The van der Waals surface area contributed by atoms with Crippen LogP contribution >= 0.6 is 11.3 Å². The molecule has 0 bridgehead atoms. The summed E-state index contributed by atoms with van der Waals surface area (Å²) in [5, 5.41) is 2.94. The van der Waals surface area contributed by atoms with E-state index in [0.29, 0.717) is 13.0 Å². The van der Waals surface area contributed by atoms with Crippen LogP contribution < -0.4 is 11.1 Å². The minimum atomic E-state index is -0.764. The fourth-order valence-corrected chi connectivity index (χ4v) is 4.82. The van der Waals surface area contributed by atoms with Crippen molar-refractivity contribution in [2.24, 2.45) is 11.1 Å². The van der Waals surface area contributed by atoms with Crippen molar-refractivity contribution in [2.75, 3.05) is 13.1 Å². The standard InChI is InChI=1S/C25H34N4O4S/c1-15-21(34-14-28-15)18-8-6-17(7-9-18)10-11-27-23(31)20-12-19(33-16(2)30)13-29(20)24(32)22(26)25(3,4)5/h6-9,14,19-20,22H,10-13,26H2,1-5H3,(H,27,31)/t19-,20-,22+/m0/s1. The number of nitrogens with two attached hydrogens (primary N) is 1. The van der Waals surface area contributed by atoms with Crippen molar-refractivity contribution in [1.29, 1.82) is 0 Å². The summed E-state index contributed by atoms with van der Waals surface area (Å²) in [7, 11) is 0. The largest absolute Gasteiger partial charge is 0.461 e. The molecular weight excluding hydrogens is 452 g/mol. The number of benzene rings is 1. The highest BCUT2D eigenvalue weighted by atomic mass is 32.1. The van der Waals surface area contributed by atoms with Gasteiger partial charge in [-0.2, -0.15) is 0 Å². The molecule has 2 heterocycles. The van der Waals surface area contributed by atoms with Crippen LogP contribution in [0.2, 0.25) is 0 Å². The molecule has 0 unspecified atom stereocenters. The molecule has 3 rings (SSSR count). The molecular formula is C25H34N4O4S. The lowest BCUT2D eigenvalue weighted by Crippen LogP contribution is -2.55. The molecule has 1 saturated heterocycles. The highest BCUT2D eigenvalue weighted by Gasteiger charge is 2.44. The lowest BCUT2D eigenvalue weighted by molar-refractivity contribution is -0.147. The first-order valence-electron chi connectivity index (χ1n) is 11.5. The first-order chi connectivity index (χ1) is 16.0. The Hall–Kier alpha value is -2.78. The lowest BCUT2D eigenvalue weighted by atomic mass is 9.86. The fraction of sp³-hybridized carbons (Fsp3) is 0.520. The summed E-state index contributed by atoms with van der Waals surface area (Å²) in [5.74, 6) is -1.01. The van der Waals surface area contributed by atoms with Gasteiger partial charge in [-0.15, -0.1) is 11.3 Å². The fourth-order valence-electron chi connectivity index (χ4n) is 4.01. The molecule has 34 heavy (non-hydrogen) atoms. The Morgan fingerprint density at radius 2 is 1.94 bits per heavy atom. The van der Waals surface area contributed by atoms with E-state index in [4.69, 9.17) is 10.5 Å². The zero-order valence-electron chi connectivity index (χ0n) is 20.5. The average molecular weight is 487 g/mol. The molecule has 1 aliphatic heterocycles. The molecule has 2 aromatic rings. The van der Waals surface area contributed by atoms with Gasteiger partial charge in [0.15, 0.2) is 0 Å². The molecule has 184 valence electrons. The molecule has 1 aromatic heterocycles. The van der Waals surface area contributed by atoms with E-state index < -0.39 is 29.6 Å². The number of amides is 2. The third-order valence-electron chi connectivity index (χ3n) is 6.05. The summed E-state index contributed by atoms with van der Waals surface area (Å²) < 4.78 is 5.30. The van der Waals surface area contributed by atoms with Gasteiger partial charge in [0.2, 0.25) is 11.8 Å². The zero-order valence-corrected chi connectivity index (χ0v) is 21.3. The number of thiazole rings is 1. The summed E-state index contributed by atoms with van der Waals surface area (Å²) in [4.78, 5) is 44.4. The van der Waals surface area contributed by atoms with Crippen molar-refractivity contribution in [3.8, 4) is 10.4 Å². The van der Waals surface area contributed by atoms with Crippen LogP contribution in [0.1, 0.15) is 45.4 Å².